The highest BCUT2D eigenvalue weighted by Crippen LogP contribution is 2.16. The van der Waals surface area contributed by atoms with Gasteiger partial charge in [-0.15, -0.1) is 0 Å². The van der Waals surface area contributed by atoms with Gasteiger partial charge >= 0.3 is 5.97 Å². The number of aliphatic carboxylic acids is 1. The van der Waals surface area contributed by atoms with E-state index >= 15 is 0 Å². The molecule has 2 N–H and O–H groups in total. The average molecular weight is 355 g/mol. The van der Waals surface area contributed by atoms with E-state index < -0.39 is 12.0 Å². The molecule has 0 saturated carbocycles. The summed E-state index contributed by atoms with van der Waals surface area (Å²) in [5.74, 6) is -1.19. The molecule has 0 aromatic heterocycles. The quantitative estimate of drug-likeness (QED) is 0.574. The maximum absolute atomic E-state index is 12.3. The number of hydrogen-bond acceptors (Lipinski definition) is 2. The van der Waals surface area contributed by atoms with Crippen LogP contribution in [0.1, 0.15) is 57.4 Å². The van der Waals surface area contributed by atoms with Crippen molar-refractivity contribution in [2.24, 2.45) is 0 Å². The first kappa shape index (κ1) is 20.0. The second kappa shape index (κ2) is 10.6. The number of carbonyl (C=O) groups is 2. The number of unbranched alkanes of at least 4 members (excludes halogenated alkanes) is 5. The maximum Gasteiger partial charge on any atom is 0.326 e. The molecule has 0 unspecified atom stereocenters. The number of hydrogen-bond donors (Lipinski definition) is 2. The number of nitrogens with one attached hydrogen (secondary N) is 1. The minimum Gasteiger partial charge on any atom is -0.480 e. The number of rotatable bonds is 11. The molecule has 0 saturated heterocycles. The van der Waals surface area contributed by atoms with Crippen LogP contribution in [0.3, 0.4) is 0 Å². The van der Waals surface area contributed by atoms with E-state index in [1.165, 1.54) is 19.3 Å². The van der Waals surface area contributed by atoms with Crippen LogP contribution in [0, 0.1) is 0 Å². The van der Waals surface area contributed by atoms with Crippen molar-refractivity contribution in [1.82, 2.24) is 5.32 Å². The van der Waals surface area contributed by atoms with Crippen LogP contribution in [0.15, 0.2) is 42.5 Å². The van der Waals surface area contributed by atoms with Crippen LogP contribution >= 0.6 is 0 Å². The number of amides is 1. The first-order chi connectivity index (χ1) is 12.6. The summed E-state index contributed by atoms with van der Waals surface area (Å²) in [5, 5.41) is 14.2. The Balaban J connectivity index is 1.83. The molecule has 4 heteroatoms. The van der Waals surface area contributed by atoms with E-state index in [0.29, 0.717) is 6.42 Å². The first-order valence-electron chi connectivity index (χ1n) is 9.60. The normalized spacial score (nSPS) is 12.0. The number of fused-ring (bicyclic) bond motifs is 1. The molecule has 140 valence electrons. The van der Waals surface area contributed by atoms with Crippen molar-refractivity contribution in [2.75, 3.05) is 0 Å². The first-order valence-corrected chi connectivity index (χ1v) is 9.60. The fraction of sp³-hybridized carbons (Fsp3) is 0.455. The van der Waals surface area contributed by atoms with Gasteiger partial charge in [-0.1, -0.05) is 87.9 Å². The lowest BCUT2D eigenvalue weighted by Gasteiger charge is -2.14. The van der Waals surface area contributed by atoms with Gasteiger partial charge in [0.15, 0.2) is 0 Å². The van der Waals surface area contributed by atoms with Gasteiger partial charge in [0.05, 0.1) is 6.42 Å². The lowest BCUT2D eigenvalue weighted by atomic mass is 10.0. The molecule has 2 rings (SSSR count). The van der Waals surface area contributed by atoms with Crippen molar-refractivity contribution in [3.8, 4) is 0 Å². The van der Waals surface area contributed by atoms with Crippen molar-refractivity contribution in [2.45, 2.75) is 64.3 Å². The summed E-state index contributed by atoms with van der Waals surface area (Å²) in [7, 11) is 0. The van der Waals surface area contributed by atoms with Crippen molar-refractivity contribution in [1.29, 1.82) is 0 Å². The van der Waals surface area contributed by atoms with Gasteiger partial charge in [0.2, 0.25) is 5.91 Å². The summed E-state index contributed by atoms with van der Waals surface area (Å²) in [6, 6.07) is 13.1. The van der Waals surface area contributed by atoms with Gasteiger partial charge in [0, 0.05) is 0 Å². The van der Waals surface area contributed by atoms with E-state index in [1.54, 1.807) is 0 Å². The predicted octanol–water partition coefficient (Wildman–Crippen LogP) is 4.70. The molecule has 1 amide bonds. The van der Waals surface area contributed by atoms with Crippen molar-refractivity contribution >= 4 is 22.6 Å². The topological polar surface area (TPSA) is 66.4 Å². The van der Waals surface area contributed by atoms with E-state index in [4.69, 9.17) is 0 Å². The Labute approximate surface area is 155 Å². The third-order valence-corrected chi connectivity index (χ3v) is 4.66. The van der Waals surface area contributed by atoms with Crippen LogP contribution in [0.4, 0.5) is 0 Å². The highest BCUT2D eigenvalue weighted by molar-refractivity contribution is 5.87. The predicted molar refractivity (Wildman–Crippen MR) is 105 cm³/mol. The second-order valence-electron chi connectivity index (χ2n) is 6.87. The fourth-order valence-electron chi connectivity index (χ4n) is 3.17. The zero-order chi connectivity index (χ0) is 18.8. The highest BCUT2D eigenvalue weighted by atomic mass is 16.4. The van der Waals surface area contributed by atoms with E-state index in [-0.39, 0.29) is 12.3 Å². The molecule has 0 aliphatic rings. The fourth-order valence-corrected chi connectivity index (χ4v) is 3.17. The zero-order valence-corrected chi connectivity index (χ0v) is 15.5. The maximum atomic E-state index is 12.3. The highest BCUT2D eigenvalue weighted by Gasteiger charge is 2.19. The standard InChI is InChI=1S/C22H29NO3/c1-2-3-4-5-6-7-12-20(22(25)26)23-21(24)16-17-13-14-18-10-8-9-11-19(18)15-17/h8-11,13-15,20H,2-7,12,16H2,1H3,(H,23,24)(H,25,26)/t20-/m1/s1. The Bertz CT molecular complexity index is 726. The van der Waals surface area contributed by atoms with Gasteiger partial charge in [0.1, 0.15) is 6.04 Å². The second-order valence-corrected chi connectivity index (χ2v) is 6.87. The third kappa shape index (κ3) is 6.51. The van der Waals surface area contributed by atoms with Gasteiger partial charge in [-0.2, -0.15) is 0 Å². The minimum atomic E-state index is -0.953. The number of benzene rings is 2. The minimum absolute atomic E-state index is 0.200. The van der Waals surface area contributed by atoms with E-state index in [0.717, 1.165) is 35.6 Å². The molecule has 2 aromatic rings. The van der Waals surface area contributed by atoms with Gasteiger partial charge in [0.25, 0.3) is 0 Å². The lowest BCUT2D eigenvalue weighted by molar-refractivity contribution is -0.142. The van der Waals surface area contributed by atoms with Crippen LogP contribution in [-0.2, 0) is 16.0 Å². The van der Waals surface area contributed by atoms with E-state index in [2.05, 4.69) is 12.2 Å². The van der Waals surface area contributed by atoms with Crippen LogP contribution in [0.25, 0.3) is 10.8 Å². The molecule has 4 nitrogen and oxygen atoms in total. The molecule has 0 bridgehead atoms. The van der Waals surface area contributed by atoms with E-state index in [9.17, 15) is 14.7 Å². The molecule has 0 aliphatic heterocycles. The molecular formula is C22H29NO3. The van der Waals surface area contributed by atoms with Crippen molar-refractivity contribution < 1.29 is 14.7 Å². The summed E-state index contributed by atoms with van der Waals surface area (Å²) in [6.45, 7) is 2.17. The molecule has 0 heterocycles. The molecule has 0 spiro atoms. The third-order valence-electron chi connectivity index (χ3n) is 4.66. The lowest BCUT2D eigenvalue weighted by Crippen LogP contribution is -2.41. The average Bonchev–Trinajstić information content (AvgIpc) is 2.63. The molecule has 0 radical (unpaired) electrons. The smallest absolute Gasteiger partial charge is 0.326 e. The van der Waals surface area contributed by atoms with Crippen molar-refractivity contribution in [3.05, 3.63) is 48.0 Å². The number of carbonyl (C=O) groups excluding carboxylic acids is 1. The van der Waals surface area contributed by atoms with Crippen LogP contribution < -0.4 is 5.32 Å². The Morgan fingerprint density at radius 3 is 2.38 bits per heavy atom. The molecule has 26 heavy (non-hydrogen) atoms. The molecule has 0 fully saturated rings. The van der Waals surface area contributed by atoms with Crippen LogP contribution in [-0.4, -0.2) is 23.0 Å². The van der Waals surface area contributed by atoms with Gasteiger partial charge in [-0.05, 0) is 22.8 Å². The Morgan fingerprint density at radius 1 is 0.962 bits per heavy atom. The largest absolute Gasteiger partial charge is 0.480 e. The summed E-state index contributed by atoms with van der Waals surface area (Å²) in [6.07, 6.45) is 7.29. The van der Waals surface area contributed by atoms with E-state index in [1.807, 2.05) is 42.5 Å². The van der Waals surface area contributed by atoms with Gasteiger partial charge in [-0.25, -0.2) is 4.79 Å². The van der Waals surface area contributed by atoms with Crippen LogP contribution in [0.5, 0.6) is 0 Å². The SMILES string of the molecule is CCCCCCCC[C@@H](NC(=O)Cc1ccc2ccccc2c1)C(=O)O. The number of carboxylic acids is 1. The summed E-state index contributed by atoms with van der Waals surface area (Å²) in [4.78, 5) is 23.7. The van der Waals surface area contributed by atoms with Crippen molar-refractivity contribution in [3.63, 3.8) is 0 Å². The van der Waals surface area contributed by atoms with Gasteiger partial charge < -0.3 is 10.4 Å². The number of carboxylic acid groups (broad SMARTS) is 1. The Morgan fingerprint density at radius 2 is 1.65 bits per heavy atom. The molecule has 0 aliphatic carbocycles. The molecule has 2 aromatic carbocycles. The Hall–Kier alpha value is -2.36. The van der Waals surface area contributed by atoms with Gasteiger partial charge in [-0.3, -0.25) is 4.79 Å². The summed E-state index contributed by atoms with van der Waals surface area (Å²) < 4.78 is 0. The summed E-state index contributed by atoms with van der Waals surface area (Å²) in [5.41, 5.74) is 0.893. The molecular weight excluding hydrogens is 326 g/mol. The monoisotopic (exact) mass is 355 g/mol. The summed E-state index contributed by atoms with van der Waals surface area (Å²) >= 11 is 0. The molecule has 1 atom stereocenters. The zero-order valence-electron chi connectivity index (χ0n) is 15.5. The Kier molecular flexibility index (Phi) is 8.13. The van der Waals surface area contributed by atoms with Crippen LogP contribution in [0.2, 0.25) is 0 Å².